The molecular formula is C14H12ClN3O. The lowest BCUT2D eigenvalue weighted by Crippen LogP contribution is -2.03. The van der Waals surface area contributed by atoms with Crippen molar-refractivity contribution >= 4 is 29.5 Å². The van der Waals surface area contributed by atoms with Gasteiger partial charge in [0, 0.05) is 22.8 Å². The molecule has 3 rings (SSSR count). The first-order valence-electron chi connectivity index (χ1n) is 6.11. The summed E-state index contributed by atoms with van der Waals surface area (Å²) in [6.07, 6.45) is 4.57. The van der Waals surface area contributed by atoms with Crippen LogP contribution in [0.2, 0.25) is 5.02 Å². The molecule has 0 bridgehead atoms. The molecule has 1 N–H and O–H groups in total. The third kappa shape index (κ3) is 2.74. The molecule has 2 aromatic rings. The molecule has 1 aliphatic carbocycles. The highest BCUT2D eigenvalue weighted by atomic mass is 35.5. The predicted molar refractivity (Wildman–Crippen MR) is 74.1 cm³/mol. The zero-order chi connectivity index (χ0) is 13.2. The maximum atomic E-state index is 11.0. The number of hydrogen-bond donors (Lipinski definition) is 1. The normalized spacial score (nSPS) is 14.2. The number of aromatic nitrogens is 2. The predicted octanol–water partition coefficient (Wildman–Crippen LogP) is 3.56. The van der Waals surface area contributed by atoms with E-state index in [2.05, 4.69) is 15.3 Å². The summed E-state index contributed by atoms with van der Waals surface area (Å²) in [6.45, 7) is 0. The maximum Gasteiger partial charge on any atom is 0.227 e. The van der Waals surface area contributed by atoms with Crippen molar-refractivity contribution in [2.45, 2.75) is 18.8 Å². The smallest absolute Gasteiger partial charge is 0.227 e. The summed E-state index contributed by atoms with van der Waals surface area (Å²) >= 11 is 5.92. The molecule has 0 atom stereocenters. The molecule has 4 nitrogen and oxygen atoms in total. The van der Waals surface area contributed by atoms with Crippen molar-refractivity contribution in [3.63, 3.8) is 0 Å². The van der Waals surface area contributed by atoms with Crippen LogP contribution in [0.15, 0.2) is 30.5 Å². The second kappa shape index (κ2) is 4.97. The minimum Gasteiger partial charge on any atom is -0.324 e. The molecule has 1 heterocycles. The fraction of sp³-hybridized carbons (Fsp3) is 0.214. The van der Waals surface area contributed by atoms with E-state index in [9.17, 15) is 4.79 Å². The molecule has 0 spiro atoms. The summed E-state index contributed by atoms with van der Waals surface area (Å²) in [4.78, 5) is 19.5. The molecular weight excluding hydrogens is 262 g/mol. The average molecular weight is 274 g/mol. The van der Waals surface area contributed by atoms with Gasteiger partial charge in [-0.05, 0) is 31.0 Å². The van der Waals surface area contributed by atoms with E-state index in [1.807, 2.05) is 12.1 Å². The summed E-state index contributed by atoms with van der Waals surface area (Å²) in [7, 11) is 0. The van der Waals surface area contributed by atoms with Crippen LogP contribution in [0.1, 0.15) is 34.8 Å². The molecule has 0 unspecified atom stereocenters. The quantitative estimate of drug-likeness (QED) is 0.866. The van der Waals surface area contributed by atoms with E-state index in [4.69, 9.17) is 11.6 Å². The van der Waals surface area contributed by atoms with Crippen LogP contribution in [0.4, 0.5) is 11.6 Å². The van der Waals surface area contributed by atoms with Gasteiger partial charge in [0.15, 0.2) is 6.29 Å². The highest BCUT2D eigenvalue weighted by Gasteiger charge is 2.28. The van der Waals surface area contributed by atoms with Gasteiger partial charge in [-0.1, -0.05) is 17.7 Å². The standard InChI is InChI=1S/C14H12ClN3O/c15-11-2-1-3-12(6-11)17-14-16-7-10(8-19)13(18-14)9-4-5-9/h1-3,6-9H,4-5H2,(H,16,17,18). The Kier molecular flexibility index (Phi) is 3.17. The molecule has 1 fully saturated rings. The number of aldehydes is 1. The van der Waals surface area contributed by atoms with Crippen LogP contribution in [0.5, 0.6) is 0 Å². The second-order valence-corrected chi connectivity index (χ2v) is 5.00. The highest BCUT2D eigenvalue weighted by molar-refractivity contribution is 6.30. The van der Waals surface area contributed by atoms with E-state index < -0.39 is 0 Å². The molecule has 1 aromatic heterocycles. The van der Waals surface area contributed by atoms with Gasteiger partial charge in [-0.25, -0.2) is 9.97 Å². The second-order valence-electron chi connectivity index (χ2n) is 4.56. The van der Waals surface area contributed by atoms with Crippen LogP contribution in [0, 0.1) is 0 Å². The van der Waals surface area contributed by atoms with Crippen molar-refractivity contribution in [3.05, 3.63) is 46.7 Å². The molecule has 1 saturated carbocycles. The van der Waals surface area contributed by atoms with E-state index in [0.29, 0.717) is 22.5 Å². The Hall–Kier alpha value is -1.94. The van der Waals surface area contributed by atoms with Gasteiger partial charge in [0.2, 0.25) is 5.95 Å². The number of halogens is 1. The number of nitrogens with zero attached hydrogens (tertiary/aromatic N) is 2. The summed E-state index contributed by atoms with van der Waals surface area (Å²) in [5.41, 5.74) is 2.25. The lowest BCUT2D eigenvalue weighted by atomic mass is 10.2. The summed E-state index contributed by atoms with van der Waals surface area (Å²) in [5.74, 6) is 0.901. The summed E-state index contributed by atoms with van der Waals surface area (Å²) in [5, 5.41) is 3.75. The van der Waals surface area contributed by atoms with Crippen LogP contribution < -0.4 is 5.32 Å². The summed E-state index contributed by atoms with van der Waals surface area (Å²) < 4.78 is 0. The largest absolute Gasteiger partial charge is 0.324 e. The van der Waals surface area contributed by atoms with Crippen LogP contribution in [-0.2, 0) is 0 Å². The van der Waals surface area contributed by atoms with Gasteiger partial charge < -0.3 is 5.32 Å². The molecule has 1 aliphatic rings. The minimum absolute atomic E-state index is 0.406. The van der Waals surface area contributed by atoms with Gasteiger partial charge in [0.1, 0.15) is 0 Å². The highest BCUT2D eigenvalue weighted by Crippen LogP contribution is 2.40. The SMILES string of the molecule is O=Cc1cnc(Nc2cccc(Cl)c2)nc1C1CC1. The topological polar surface area (TPSA) is 54.9 Å². The molecule has 1 aromatic carbocycles. The Labute approximate surface area is 115 Å². The third-order valence-corrected chi connectivity index (χ3v) is 3.25. The van der Waals surface area contributed by atoms with Gasteiger partial charge in [-0.15, -0.1) is 0 Å². The van der Waals surface area contributed by atoms with Crippen molar-refractivity contribution in [2.24, 2.45) is 0 Å². The number of anilines is 2. The number of rotatable bonds is 4. The molecule has 0 aliphatic heterocycles. The number of nitrogens with one attached hydrogen (secondary N) is 1. The van der Waals surface area contributed by atoms with Crippen molar-refractivity contribution < 1.29 is 4.79 Å². The summed E-state index contributed by atoms with van der Waals surface area (Å²) in [6, 6.07) is 7.35. The van der Waals surface area contributed by atoms with Crippen molar-refractivity contribution in [1.82, 2.24) is 9.97 Å². The number of carbonyl (C=O) groups excluding carboxylic acids is 1. The van der Waals surface area contributed by atoms with Gasteiger partial charge in [-0.2, -0.15) is 0 Å². The van der Waals surface area contributed by atoms with Crippen molar-refractivity contribution in [1.29, 1.82) is 0 Å². The minimum atomic E-state index is 0.406. The van der Waals surface area contributed by atoms with Gasteiger partial charge in [-0.3, -0.25) is 4.79 Å². The zero-order valence-electron chi connectivity index (χ0n) is 10.1. The van der Waals surface area contributed by atoms with Crippen LogP contribution in [-0.4, -0.2) is 16.3 Å². The lowest BCUT2D eigenvalue weighted by Gasteiger charge is -2.08. The fourth-order valence-corrected chi connectivity index (χ4v) is 2.12. The van der Waals surface area contributed by atoms with E-state index in [0.717, 1.165) is 30.5 Å². The Morgan fingerprint density at radius 2 is 2.21 bits per heavy atom. The Morgan fingerprint density at radius 1 is 1.37 bits per heavy atom. The zero-order valence-corrected chi connectivity index (χ0v) is 10.9. The number of benzene rings is 1. The number of carbonyl (C=O) groups is 1. The molecule has 5 heteroatoms. The van der Waals surface area contributed by atoms with Gasteiger partial charge in [0.05, 0.1) is 11.3 Å². The first-order chi connectivity index (χ1) is 9.26. The first kappa shape index (κ1) is 12.1. The van der Waals surface area contributed by atoms with Gasteiger partial charge >= 0.3 is 0 Å². The van der Waals surface area contributed by atoms with Gasteiger partial charge in [0.25, 0.3) is 0 Å². The Morgan fingerprint density at radius 3 is 2.89 bits per heavy atom. The first-order valence-corrected chi connectivity index (χ1v) is 6.49. The molecule has 19 heavy (non-hydrogen) atoms. The van der Waals surface area contributed by atoms with Crippen LogP contribution in [0.3, 0.4) is 0 Å². The molecule has 0 radical (unpaired) electrons. The molecule has 0 saturated heterocycles. The van der Waals surface area contributed by atoms with E-state index in [1.165, 1.54) is 0 Å². The molecule has 96 valence electrons. The maximum absolute atomic E-state index is 11.0. The van der Waals surface area contributed by atoms with E-state index >= 15 is 0 Å². The molecule has 0 amide bonds. The van der Waals surface area contributed by atoms with E-state index in [-0.39, 0.29) is 0 Å². The monoisotopic (exact) mass is 273 g/mol. The fourth-order valence-electron chi connectivity index (χ4n) is 1.93. The van der Waals surface area contributed by atoms with Crippen LogP contribution in [0.25, 0.3) is 0 Å². The van der Waals surface area contributed by atoms with E-state index in [1.54, 1.807) is 18.3 Å². The Balaban J connectivity index is 1.89. The van der Waals surface area contributed by atoms with Crippen LogP contribution >= 0.6 is 11.6 Å². The lowest BCUT2D eigenvalue weighted by molar-refractivity contribution is 0.112. The van der Waals surface area contributed by atoms with Crippen molar-refractivity contribution in [2.75, 3.05) is 5.32 Å². The average Bonchev–Trinajstić information content (AvgIpc) is 3.23. The Bertz CT molecular complexity index is 626. The third-order valence-electron chi connectivity index (χ3n) is 3.02. The van der Waals surface area contributed by atoms with Crippen molar-refractivity contribution in [3.8, 4) is 0 Å². The number of hydrogen-bond acceptors (Lipinski definition) is 4.